The molecule has 93 valence electrons. The Bertz CT molecular complexity index is 326. The van der Waals surface area contributed by atoms with Crippen LogP contribution in [0.4, 0.5) is 0 Å². The Balaban J connectivity index is 1.89. The van der Waals surface area contributed by atoms with Crippen LogP contribution in [0.5, 0.6) is 0 Å². The summed E-state index contributed by atoms with van der Waals surface area (Å²) in [5.74, 6) is 1.91. The third-order valence-electron chi connectivity index (χ3n) is 4.83. The maximum absolute atomic E-state index is 2.40. The van der Waals surface area contributed by atoms with E-state index in [1.165, 1.54) is 64.2 Å². The van der Waals surface area contributed by atoms with Gasteiger partial charge < -0.3 is 0 Å². The molecule has 0 N–H and O–H groups in total. The molecule has 0 aromatic carbocycles. The van der Waals surface area contributed by atoms with E-state index in [4.69, 9.17) is 0 Å². The molecule has 1 aromatic heterocycles. The average Bonchev–Trinajstić information content (AvgIpc) is 2.95. The SMILES string of the molecule is c1csc(C2([C]3CCCCC3)CCCCC2)c1. The molecule has 2 aliphatic carbocycles. The molecule has 1 radical (unpaired) electrons. The summed E-state index contributed by atoms with van der Waals surface area (Å²) in [6.07, 6.45) is 14.4. The van der Waals surface area contributed by atoms with Gasteiger partial charge in [-0.05, 0) is 43.0 Å². The van der Waals surface area contributed by atoms with Crippen molar-refractivity contribution in [2.24, 2.45) is 0 Å². The fourth-order valence-corrected chi connectivity index (χ4v) is 4.97. The summed E-state index contributed by atoms with van der Waals surface area (Å²) in [7, 11) is 0. The standard InChI is InChI=1S/C16H23S/c1-3-8-14(9-4-1)16(11-5-2-6-12-16)15-10-7-13-17-15/h7,10,13H,1-6,8-9,11-12H2. The topological polar surface area (TPSA) is 0 Å². The molecule has 3 rings (SSSR count). The van der Waals surface area contributed by atoms with E-state index >= 15 is 0 Å². The molecular formula is C16H23S. The van der Waals surface area contributed by atoms with E-state index in [0.717, 1.165) is 0 Å². The predicted octanol–water partition coefficient (Wildman–Crippen LogP) is 5.49. The summed E-state index contributed by atoms with van der Waals surface area (Å²) in [5, 5.41) is 2.27. The first-order chi connectivity index (χ1) is 8.42. The third kappa shape index (κ3) is 2.19. The Hall–Kier alpha value is -0.300. The Morgan fingerprint density at radius 1 is 0.882 bits per heavy atom. The molecule has 1 heteroatoms. The van der Waals surface area contributed by atoms with Crippen LogP contribution in [0.15, 0.2) is 17.5 Å². The van der Waals surface area contributed by atoms with Crippen molar-refractivity contribution in [1.29, 1.82) is 0 Å². The smallest absolute Gasteiger partial charge is 0.0113 e. The van der Waals surface area contributed by atoms with Gasteiger partial charge in [-0.15, -0.1) is 11.3 Å². The molecule has 17 heavy (non-hydrogen) atoms. The Morgan fingerprint density at radius 3 is 2.24 bits per heavy atom. The lowest BCUT2D eigenvalue weighted by atomic mass is 9.61. The van der Waals surface area contributed by atoms with Crippen molar-refractivity contribution in [2.45, 2.75) is 69.6 Å². The van der Waals surface area contributed by atoms with E-state index in [-0.39, 0.29) is 0 Å². The maximum Gasteiger partial charge on any atom is 0.0113 e. The van der Waals surface area contributed by atoms with Gasteiger partial charge in [0, 0.05) is 10.3 Å². The van der Waals surface area contributed by atoms with Crippen LogP contribution in [-0.2, 0) is 5.41 Å². The fraction of sp³-hybridized carbons (Fsp3) is 0.688. The highest BCUT2D eigenvalue weighted by molar-refractivity contribution is 7.10. The minimum absolute atomic E-state index is 0.507. The first-order valence-corrected chi connectivity index (χ1v) is 8.19. The van der Waals surface area contributed by atoms with E-state index in [1.54, 1.807) is 4.88 Å². The van der Waals surface area contributed by atoms with Crippen molar-refractivity contribution in [3.63, 3.8) is 0 Å². The average molecular weight is 247 g/mol. The van der Waals surface area contributed by atoms with Crippen LogP contribution >= 0.6 is 11.3 Å². The second kappa shape index (κ2) is 5.14. The molecule has 0 aliphatic heterocycles. The molecule has 0 nitrogen and oxygen atoms in total. The second-order valence-electron chi connectivity index (χ2n) is 5.78. The minimum Gasteiger partial charge on any atom is -0.148 e. The number of thiophene rings is 1. The van der Waals surface area contributed by atoms with Crippen LogP contribution in [0.2, 0.25) is 0 Å². The van der Waals surface area contributed by atoms with Crippen molar-refractivity contribution in [1.82, 2.24) is 0 Å². The molecule has 1 heterocycles. The van der Waals surface area contributed by atoms with Crippen LogP contribution in [0.3, 0.4) is 0 Å². The van der Waals surface area contributed by atoms with E-state index in [0.29, 0.717) is 5.41 Å². The van der Waals surface area contributed by atoms with Crippen molar-refractivity contribution in [3.05, 3.63) is 28.3 Å². The predicted molar refractivity (Wildman–Crippen MR) is 75.4 cm³/mol. The zero-order valence-corrected chi connectivity index (χ0v) is 11.5. The maximum atomic E-state index is 2.40. The second-order valence-corrected chi connectivity index (χ2v) is 6.73. The van der Waals surface area contributed by atoms with Gasteiger partial charge in [-0.25, -0.2) is 0 Å². The van der Waals surface area contributed by atoms with E-state index < -0.39 is 0 Å². The van der Waals surface area contributed by atoms with Crippen LogP contribution in [-0.4, -0.2) is 0 Å². The summed E-state index contributed by atoms with van der Waals surface area (Å²) >= 11 is 2.00. The van der Waals surface area contributed by atoms with Gasteiger partial charge in [0.05, 0.1) is 0 Å². The molecule has 0 unspecified atom stereocenters. The van der Waals surface area contributed by atoms with Gasteiger partial charge in [0.2, 0.25) is 0 Å². The summed E-state index contributed by atoms with van der Waals surface area (Å²) < 4.78 is 0. The van der Waals surface area contributed by atoms with Crippen molar-refractivity contribution >= 4 is 11.3 Å². The number of rotatable bonds is 2. The van der Waals surface area contributed by atoms with Gasteiger partial charge in [-0.2, -0.15) is 0 Å². The normalized spacial score (nSPS) is 25.9. The van der Waals surface area contributed by atoms with Crippen LogP contribution < -0.4 is 0 Å². The summed E-state index contributed by atoms with van der Waals surface area (Å²) in [6, 6.07) is 4.65. The number of hydrogen-bond donors (Lipinski definition) is 0. The van der Waals surface area contributed by atoms with Crippen molar-refractivity contribution in [3.8, 4) is 0 Å². The molecule has 0 atom stereocenters. The van der Waals surface area contributed by atoms with E-state index in [1.807, 2.05) is 17.3 Å². The molecule has 0 spiro atoms. The van der Waals surface area contributed by atoms with Crippen molar-refractivity contribution < 1.29 is 0 Å². The van der Waals surface area contributed by atoms with Gasteiger partial charge in [0.25, 0.3) is 0 Å². The van der Waals surface area contributed by atoms with Crippen molar-refractivity contribution in [2.75, 3.05) is 0 Å². The fourth-order valence-electron chi connectivity index (χ4n) is 3.94. The van der Waals surface area contributed by atoms with Crippen LogP contribution in [0.1, 0.15) is 69.1 Å². The highest BCUT2D eigenvalue weighted by Gasteiger charge is 2.42. The van der Waals surface area contributed by atoms with Gasteiger partial charge >= 0.3 is 0 Å². The lowest BCUT2D eigenvalue weighted by Gasteiger charge is -2.44. The molecular weight excluding hydrogens is 224 g/mol. The first kappa shape index (κ1) is 11.8. The Kier molecular flexibility index (Phi) is 3.56. The zero-order valence-electron chi connectivity index (χ0n) is 10.7. The summed E-state index contributed by atoms with van der Waals surface area (Å²) in [6.45, 7) is 0. The quantitative estimate of drug-likeness (QED) is 0.648. The minimum atomic E-state index is 0.507. The third-order valence-corrected chi connectivity index (χ3v) is 5.91. The van der Waals surface area contributed by atoms with Gasteiger partial charge in [-0.3, -0.25) is 0 Å². The van der Waals surface area contributed by atoms with E-state index in [2.05, 4.69) is 17.5 Å². The molecule has 0 bridgehead atoms. The molecule has 2 aliphatic rings. The van der Waals surface area contributed by atoms with E-state index in [9.17, 15) is 0 Å². The molecule has 0 amide bonds. The Labute approximate surface area is 109 Å². The lowest BCUT2D eigenvalue weighted by molar-refractivity contribution is 0.271. The monoisotopic (exact) mass is 247 g/mol. The number of hydrogen-bond acceptors (Lipinski definition) is 1. The Morgan fingerprint density at radius 2 is 1.59 bits per heavy atom. The van der Waals surface area contributed by atoms with Crippen LogP contribution in [0, 0.1) is 5.92 Å². The molecule has 2 saturated carbocycles. The summed E-state index contributed by atoms with van der Waals surface area (Å²) in [5.41, 5.74) is 0.507. The van der Waals surface area contributed by atoms with Gasteiger partial charge in [-0.1, -0.05) is 44.6 Å². The molecule has 1 aromatic rings. The summed E-state index contributed by atoms with van der Waals surface area (Å²) in [4.78, 5) is 1.68. The highest BCUT2D eigenvalue weighted by Crippen LogP contribution is 2.52. The molecule has 2 fully saturated rings. The largest absolute Gasteiger partial charge is 0.148 e. The highest BCUT2D eigenvalue weighted by atomic mass is 32.1. The van der Waals surface area contributed by atoms with Crippen LogP contribution in [0.25, 0.3) is 0 Å². The molecule has 0 saturated heterocycles. The van der Waals surface area contributed by atoms with Gasteiger partial charge in [0.1, 0.15) is 0 Å². The zero-order chi connectivity index (χ0) is 11.6. The lowest BCUT2D eigenvalue weighted by Crippen LogP contribution is -2.36. The first-order valence-electron chi connectivity index (χ1n) is 7.31. The van der Waals surface area contributed by atoms with Gasteiger partial charge in [0.15, 0.2) is 0 Å².